The van der Waals surface area contributed by atoms with Gasteiger partial charge in [0.15, 0.2) is 0 Å². The zero-order valence-corrected chi connectivity index (χ0v) is 22.9. The monoisotopic (exact) mass is 546 g/mol. The molecule has 0 aliphatic carbocycles. The lowest BCUT2D eigenvalue weighted by Gasteiger charge is -2.26. The number of benzene rings is 4. The first-order valence-electron chi connectivity index (χ1n) is 13.1. The summed E-state index contributed by atoms with van der Waals surface area (Å²) in [5.41, 5.74) is 2.10. The third-order valence-corrected chi connectivity index (χ3v) is 6.10. The van der Waals surface area contributed by atoms with Crippen molar-refractivity contribution < 1.29 is 34.6 Å². The lowest BCUT2D eigenvalue weighted by Crippen LogP contribution is -2.18. The Hall–Kier alpha value is -4.04. The Bertz CT molecular complexity index is 1120. The van der Waals surface area contributed by atoms with E-state index in [0.717, 1.165) is 37.6 Å². The minimum absolute atomic E-state index is 0.151. The van der Waals surface area contributed by atoms with Crippen LogP contribution in [0.15, 0.2) is 109 Å². The van der Waals surface area contributed by atoms with Crippen LogP contribution < -0.4 is 0 Å². The van der Waals surface area contributed by atoms with Gasteiger partial charge >= 0.3 is 0 Å². The molecule has 0 saturated carbocycles. The van der Waals surface area contributed by atoms with E-state index in [-0.39, 0.29) is 16.9 Å². The number of rotatable bonds is 6. The summed E-state index contributed by atoms with van der Waals surface area (Å²) in [7, 11) is 0. The van der Waals surface area contributed by atoms with Crippen LogP contribution in [0.3, 0.4) is 0 Å². The molecule has 4 N–H and O–H groups in total. The van der Waals surface area contributed by atoms with Crippen molar-refractivity contribution in [3.05, 3.63) is 120 Å². The molecule has 4 aromatic carbocycles. The molecule has 2 heterocycles. The van der Waals surface area contributed by atoms with Gasteiger partial charge in [0.2, 0.25) is 0 Å². The van der Waals surface area contributed by atoms with Crippen LogP contribution in [-0.4, -0.2) is 59.1 Å². The molecule has 2 saturated heterocycles. The van der Waals surface area contributed by atoms with E-state index in [0.29, 0.717) is 23.7 Å². The van der Waals surface area contributed by atoms with Gasteiger partial charge in [-0.05, 0) is 59.7 Å². The number of epoxide rings is 2. The molecule has 0 spiro atoms. The average molecular weight is 547 g/mol. The van der Waals surface area contributed by atoms with Gasteiger partial charge in [0.1, 0.15) is 35.2 Å². The smallest absolute Gasteiger partial charge is 0.115 e. The fourth-order valence-corrected chi connectivity index (χ4v) is 3.44. The van der Waals surface area contributed by atoms with Crippen LogP contribution in [0.4, 0.5) is 0 Å². The van der Waals surface area contributed by atoms with Gasteiger partial charge in [-0.2, -0.15) is 0 Å². The maximum Gasteiger partial charge on any atom is 0.115 e. The normalized spacial score (nSPS) is 16.6. The summed E-state index contributed by atoms with van der Waals surface area (Å²) in [5.74, 6) is 1.19. The van der Waals surface area contributed by atoms with E-state index in [1.165, 1.54) is 0 Å². The van der Waals surface area contributed by atoms with E-state index >= 15 is 0 Å². The Balaban J connectivity index is 0.000000161. The van der Waals surface area contributed by atoms with E-state index < -0.39 is 0 Å². The summed E-state index contributed by atoms with van der Waals surface area (Å²) >= 11 is 0. The molecule has 0 amide bonds. The topological polar surface area (TPSA) is 115 Å². The molecule has 2 aliphatic heterocycles. The second kappa shape index (κ2) is 15.5. The number of aromatic hydroxyl groups is 4. The Labute approximate surface area is 235 Å². The van der Waals surface area contributed by atoms with Crippen molar-refractivity contribution in [2.45, 2.75) is 31.5 Å². The number of phenolic OH excluding ortho intramolecular Hbond substituents is 4. The number of hydrogen-bond donors (Lipinski definition) is 4. The first-order valence-corrected chi connectivity index (χ1v) is 13.1. The van der Waals surface area contributed by atoms with Crippen LogP contribution in [0.1, 0.15) is 25.0 Å². The molecule has 0 bridgehead atoms. The molecule has 6 rings (SSSR count). The maximum atomic E-state index is 9.30. The number of ether oxygens (including phenoxy) is 3. The van der Waals surface area contributed by atoms with Gasteiger partial charge in [-0.3, -0.25) is 0 Å². The van der Waals surface area contributed by atoms with Gasteiger partial charge in [-0.25, -0.2) is 0 Å². The van der Waals surface area contributed by atoms with Crippen LogP contribution in [0.2, 0.25) is 0 Å². The highest BCUT2D eigenvalue weighted by molar-refractivity contribution is 5.41. The molecule has 2 aliphatic rings. The largest absolute Gasteiger partial charge is 0.508 e. The van der Waals surface area contributed by atoms with Crippen LogP contribution in [0.5, 0.6) is 23.0 Å². The minimum atomic E-state index is -0.151. The van der Waals surface area contributed by atoms with Crippen LogP contribution in [0.25, 0.3) is 0 Å². The molecule has 7 nitrogen and oxygen atoms in total. The predicted octanol–water partition coefficient (Wildman–Crippen LogP) is 6.01. The second-order valence-electron chi connectivity index (χ2n) is 9.84. The summed E-state index contributed by atoms with van der Waals surface area (Å²) in [4.78, 5) is 0. The highest BCUT2D eigenvalue weighted by Gasteiger charge is 2.26. The average Bonchev–Trinajstić information content (AvgIpc) is 3.88. The van der Waals surface area contributed by atoms with Crippen molar-refractivity contribution >= 4 is 0 Å². The van der Waals surface area contributed by atoms with E-state index in [1.807, 2.05) is 36.4 Å². The lowest BCUT2D eigenvalue weighted by molar-refractivity contribution is 0.102. The summed E-state index contributed by atoms with van der Waals surface area (Å²) in [6, 6.07) is 31.9. The predicted molar refractivity (Wildman–Crippen MR) is 155 cm³/mol. The third-order valence-electron chi connectivity index (χ3n) is 6.10. The Morgan fingerprint density at radius 1 is 0.550 bits per heavy atom. The van der Waals surface area contributed by atoms with Crippen LogP contribution in [-0.2, 0) is 19.6 Å². The van der Waals surface area contributed by atoms with Crippen molar-refractivity contribution in [2.75, 3.05) is 26.4 Å². The van der Waals surface area contributed by atoms with Gasteiger partial charge in [0.05, 0.1) is 26.4 Å². The van der Waals surface area contributed by atoms with Gasteiger partial charge in [-0.15, -0.1) is 0 Å². The molecular weight excluding hydrogens is 508 g/mol. The van der Waals surface area contributed by atoms with Crippen molar-refractivity contribution in [3.63, 3.8) is 0 Å². The Morgan fingerprint density at radius 3 is 1.10 bits per heavy atom. The quantitative estimate of drug-likeness (QED) is 0.219. The zero-order valence-electron chi connectivity index (χ0n) is 22.9. The summed E-state index contributed by atoms with van der Waals surface area (Å²) in [6.45, 7) is 7.49. The lowest BCUT2D eigenvalue weighted by atomic mass is 9.78. The molecule has 2 fully saturated rings. The minimum Gasteiger partial charge on any atom is -0.508 e. The molecule has 0 radical (unpaired) electrons. The highest BCUT2D eigenvalue weighted by atomic mass is 16.6. The van der Waals surface area contributed by atoms with Crippen LogP contribution >= 0.6 is 0 Å². The maximum absolute atomic E-state index is 9.30. The van der Waals surface area contributed by atoms with Gasteiger partial charge < -0.3 is 34.6 Å². The zero-order chi connectivity index (χ0) is 28.8. The van der Waals surface area contributed by atoms with E-state index in [2.05, 4.69) is 13.8 Å². The van der Waals surface area contributed by atoms with E-state index in [1.54, 1.807) is 72.8 Å². The molecular formula is C33H38O7. The van der Waals surface area contributed by atoms with Gasteiger partial charge in [0, 0.05) is 5.41 Å². The van der Waals surface area contributed by atoms with Crippen molar-refractivity contribution in [2.24, 2.45) is 0 Å². The first kappa shape index (κ1) is 30.5. The number of phenols is 4. The first-order chi connectivity index (χ1) is 19.2. The molecule has 2 atom stereocenters. The fourth-order valence-electron chi connectivity index (χ4n) is 3.44. The summed E-state index contributed by atoms with van der Waals surface area (Å²) in [5, 5.41) is 35.9. The van der Waals surface area contributed by atoms with Gasteiger partial charge in [0.25, 0.3) is 0 Å². The molecule has 212 valence electrons. The standard InChI is InChI=1S/C15H16O2.C6H10O3.2C6H6O/c1-15(2,11-3-7-13(16)8-4-11)12-5-9-14(17)10-6-12;1(5-3-8-5)7-2-6-4-9-6;2*7-6-4-2-1-3-5-6/h3-10,16-17H,1-2H3;5-6H,1-4H2;2*1-5,7H. The van der Waals surface area contributed by atoms with Crippen molar-refractivity contribution in [3.8, 4) is 23.0 Å². The Morgan fingerprint density at radius 2 is 0.850 bits per heavy atom. The molecule has 2 unspecified atom stereocenters. The SMILES string of the molecule is C(OCC1CO1)C1CO1.CC(C)(c1ccc(O)cc1)c1ccc(O)cc1.Oc1ccccc1.Oc1ccccc1. The van der Waals surface area contributed by atoms with E-state index in [4.69, 9.17) is 24.4 Å². The molecule has 0 aromatic heterocycles. The number of hydrogen-bond acceptors (Lipinski definition) is 7. The number of para-hydroxylation sites is 2. The summed E-state index contributed by atoms with van der Waals surface area (Å²) in [6.07, 6.45) is 0.785. The van der Waals surface area contributed by atoms with Crippen molar-refractivity contribution in [1.82, 2.24) is 0 Å². The Kier molecular flexibility index (Phi) is 11.8. The van der Waals surface area contributed by atoms with Crippen molar-refractivity contribution in [1.29, 1.82) is 0 Å². The molecule has 40 heavy (non-hydrogen) atoms. The second-order valence-corrected chi connectivity index (χ2v) is 9.84. The third kappa shape index (κ3) is 11.8. The van der Waals surface area contributed by atoms with Crippen LogP contribution in [0, 0.1) is 0 Å². The fraction of sp³-hybridized carbons (Fsp3) is 0.273. The van der Waals surface area contributed by atoms with Gasteiger partial charge in [-0.1, -0.05) is 74.5 Å². The van der Waals surface area contributed by atoms with E-state index in [9.17, 15) is 10.2 Å². The highest BCUT2D eigenvalue weighted by Crippen LogP contribution is 2.32. The molecule has 7 heteroatoms. The summed E-state index contributed by atoms with van der Waals surface area (Å²) < 4.78 is 15.1. The molecule has 4 aromatic rings.